The van der Waals surface area contributed by atoms with Crippen LogP contribution in [0.5, 0.6) is 0 Å². The number of benzene rings is 1. The summed E-state index contributed by atoms with van der Waals surface area (Å²) in [6.45, 7) is 0. The summed E-state index contributed by atoms with van der Waals surface area (Å²) in [5.74, 6) is -1.50. The molecule has 3 rings (SSSR count). The van der Waals surface area contributed by atoms with Crippen LogP contribution in [-0.2, 0) is 14.4 Å². The first-order valence-electron chi connectivity index (χ1n) is 8.96. The van der Waals surface area contributed by atoms with Crippen LogP contribution in [0.3, 0.4) is 0 Å². The second-order valence-electron chi connectivity index (χ2n) is 6.81. The lowest BCUT2D eigenvalue weighted by atomic mass is 9.81. The van der Waals surface area contributed by atoms with E-state index in [0.29, 0.717) is 25.0 Å². The van der Waals surface area contributed by atoms with Crippen molar-refractivity contribution in [2.24, 2.45) is 11.8 Å². The van der Waals surface area contributed by atoms with Gasteiger partial charge >= 0.3 is 0 Å². The normalized spacial score (nSPS) is 23.7. The number of amides is 3. The Morgan fingerprint density at radius 2 is 1.85 bits per heavy atom. The van der Waals surface area contributed by atoms with E-state index in [1.807, 2.05) is 6.26 Å². The summed E-state index contributed by atoms with van der Waals surface area (Å²) in [5.41, 5.74) is 0.0585. The van der Waals surface area contributed by atoms with Crippen LogP contribution in [0.2, 0.25) is 0 Å². The molecule has 3 unspecified atom stereocenters. The van der Waals surface area contributed by atoms with Crippen molar-refractivity contribution in [1.29, 1.82) is 0 Å². The molecule has 140 valence electrons. The summed E-state index contributed by atoms with van der Waals surface area (Å²) in [6.07, 6.45) is 5.54. The first-order chi connectivity index (χ1) is 12.5. The second kappa shape index (κ2) is 8.20. The van der Waals surface area contributed by atoms with Gasteiger partial charge < -0.3 is 5.32 Å². The third-order valence-corrected chi connectivity index (χ3v) is 5.86. The topological polar surface area (TPSA) is 66.5 Å². The number of thioether (sulfide) groups is 1. The Kier molecular flexibility index (Phi) is 5.96. The minimum atomic E-state index is -0.896. The summed E-state index contributed by atoms with van der Waals surface area (Å²) in [7, 11) is 0. The molecule has 3 amide bonds. The SMILES string of the molecule is CSCCC(C(=O)Nc1ccccc1F)N1C(=O)C2CCCCC2C1=O. The van der Waals surface area contributed by atoms with E-state index in [0.717, 1.165) is 17.7 Å². The summed E-state index contributed by atoms with van der Waals surface area (Å²) in [5, 5.41) is 2.55. The molecule has 0 spiro atoms. The molecule has 1 aliphatic carbocycles. The van der Waals surface area contributed by atoms with Crippen LogP contribution >= 0.6 is 11.8 Å². The van der Waals surface area contributed by atoms with Crippen LogP contribution in [-0.4, -0.2) is 40.7 Å². The molecule has 0 bridgehead atoms. The quantitative estimate of drug-likeness (QED) is 0.773. The van der Waals surface area contributed by atoms with Crippen molar-refractivity contribution in [3.8, 4) is 0 Å². The molecule has 5 nitrogen and oxygen atoms in total. The molecule has 2 aliphatic rings. The highest BCUT2D eigenvalue weighted by molar-refractivity contribution is 7.98. The van der Waals surface area contributed by atoms with Gasteiger partial charge in [-0.15, -0.1) is 0 Å². The van der Waals surface area contributed by atoms with E-state index in [2.05, 4.69) is 5.32 Å². The lowest BCUT2D eigenvalue weighted by Crippen LogP contribution is -2.48. The minimum Gasteiger partial charge on any atom is -0.322 e. The fourth-order valence-corrected chi connectivity index (χ4v) is 4.34. The van der Waals surface area contributed by atoms with Gasteiger partial charge in [-0.3, -0.25) is 19.3 Å². The summed E-state index contributed by atoms with van der Waals surface area (Å²) in [4.78, 5) is 39.6. The van der Waals surface area contributed by atoms with Crippen LogP contribution in [0, 0.1) is 17.7 Å². The fraction of sp³-hybridized carbons (Fsp3) is 0.526. The van der Waals surface area contributed by atoms with Gasteiger partial charge in [-0.1, -0.05) is 25.0 Å². The average Bonchev–Trinajstić information content (AvgIpc) is 2.89. The van der Waals surface area contributed by atoms with Gasteiger partial charge in [-0.05, 0) is 43.4 Å². The molecule has 0 aromatic heterocycles. The number of rotatable bonds is 6. The molecule has 1 saturated heterocycles. The third-order valence-electron chi connectivity index (χ3n) is 5.22. The molecule has 26 heavy (non-hydrogen) atoms. The maximum absolute atomic E-state index is 13.9. The number of likely N-dealkylation sites (tertiary alicyclic amines) is 1. The van der Waals surface area contributed by atoms with Crippen LogP contribution in [0.15, 0.2) is 24.3 Å². The maximum Gasteiger partial charge on any atom is 0.247 e. The van der Waals surface area contributed by atoms with E-state index in [1.165, 1.54) is 18.2 Å². The maximum atomic E-state index is 13.9. The van der Waals surface area contributed by atoms with Crippen molar-refractivity contribution in [3.63, 3.8) is 0 Å². The lowest BCUT2D eigenvalue weighted by molar-refractivity contribution is -0.146. The van der Waals surface area contributed by atoms with E-state index < -0.39 is 17.8 Å². The van der Waals surface area contributed by atoms with E-state index >= 15 is 0 Å². The predicted molar refractivity (Wildman–Crippen MR) is 99.1 cm³/mol. The molecule has 1 N–H and O–H groups in total. The van der Waals surface area contributed by atoms with Gasteiger partial charge in [-0.25, -0.2) is 4.39 Å². The summed E-state index contributed by atoms with van der Waals surface area (Å²) < 4.78 is 13.9. The van der Waals surface area contributed by atoms with Gasteiger partial charge in [0.05, 0.1) is 17.5 Å². The molecular formula is C19H23FN2O3S. The Bertz CT molecular complexity index is 688. The van der Waals surface area contributed by atoms with Crippen LogP contribution in [0.4, 0.5) is 10.1 Å². The zero-order valence-electron chi connectivity index (χ0n) is 14.7. The predicted octanol–water partition coefficient (Wildman–Crippen LogP) is 3.06. The number of carbonyl (C=O) groups is 3. The van der Waals surface area contributed by atoms with Crippen molar-refractivity contribution in [1.82, 2.24) is 4.90 Å². The lowest BCUT2D eigenvalue weighted by Gasteiger charge is -2.26. The minimum absolute atomic E-state index is 0.0585. The highest BCUT2D eigenvalue weighted by atomic mass is 32.2. The Hall–Kier alpha value is -1.89. The van der Waals surface area contributed by atoms with Gasteiger partial charge in [0.2, 0.25) is 17.7 Å². The second-order valence-corrected chi connectivity index (χ2v) is 7.80. The van der Waals surface area contributed by atoms with Gasteiger partial charge in [0.15, 0.2) is 0 Å². The Morgan fingerprint density at radius 1 is 1.23 bits per heavy atom. The van der Waals surface area contributed by atoms with Crippen molar-refractivity contribution >= 4 is 35.2 Å². The molecule has 0 radical (unpaired) electrons. The number of nitrogens with one attached hydrogen (secondary N) is 1. The number of fused-ring (bicyclic) bond motifs is 1. The van der Waals surface area contributed by atoms with E-state index in [4.69, 9.17) is 0 Å². The Labute approximate surface area is 156 Å². The molecule has 1 aromatic rings. The molecule has 3 atom stereocenters. The fourth-order valence-electron chi connectivity index (χ4n) is 3.88. The molecule has 1 aromatic carbocycles. The standard InChI is InChI=1S/C19H23FN2O3S/c1-26-11-10-16(17(23)21-15-9-5-4-8-14(15)20)22-18(24)12-6-2-3-7-13(12)19(22)25/h4-5,8-9,12-13,16H,2-3,6-7,10-11H2,1H3,(H,21,23). The zero-order valence-corrected chi connectivity index (χ0v) is 15.6. The summed E-state index contributed by atoms with van der Waals surface area (Å²) in [6, 6.07) is 4.98. The van der Waals surface area contributed by atoms with E-state index in [-0.39, 0.29) is 29.3 Å². The number of hydrogen-bond acceptors (Lipinski definition) is 4. The largest absolute Gasteiger partial charge is 0.322 e. The number of imide groups is 1. The average molecular weight is 378 g/mol. The van der Waals surface area contributed by atoms with E-state index in [9.17, 15) is 18.8 Å². The number of anilines is 1. The summed E-state index contributed by atoms with van der Waals surface area (Å²) >= 11 is 1.54. The Balaban J connectivity index is 1.83. The van der Waals surface area contributed by atoms with Gasteiger partial charge in [-0.2, -0.15) is 11.8 Å². The first-order valence-corrected chi connectivity index (χ1v) is 10.3. The van der Waals surface area contributed by atoms with Gasteiger partial charge in [0.25, 0.3) is 0 Å². The number of carbonyl (C=O) groups excluding carboxylic acids is 3. The van der Waals surface area contributed by atoms with Crippen molar-refractivity contribution in [2.75, 3.05) is 17.3 Å². The Morgan fingerprint density at radius 3 is 2.42 bits per heavy atom. The highest BCUT2D eigenvalue weighted by Crippen LogP contribution is 2.39. The van der Waals surface area contributed by atoms with Crippen LogP contribution in [0.1, 0.15) is 32.1 Å². The monoisotopic (exact) mass is 378 g/mol. The van der Waals surface area contributed by atoms with Crippen molar-refractivity contribution in [2.45, 2.75) is 38.1 Å². The van der Waals surface area contributed by atoms with Crippen LogP contribution < -0.4 is 5.32 Å². The molecular weight excluding hydrogens is 355 g/mol. The number of halogens is 1. The first kappa shape index (κ1) is 18.9. The molecule has 1 aliphatic heterocycles. The van der Waals surface area contributed by atoms with Gasteiger partial charge in [0, 0.05) is 0 Å². The smallest absolute Gasteiger partial charge is 0.247 e. The molecule has 1 saturated carbocycles. The third kappa shape index (κ3) is 3.63. The number of hydrogen-bond donors (Lipinski definition) is 1. The van der Waals surface area contributed by atoms with Crippen molar-refractivity contribution < 1.29 is 18.8 Å². The molecule has 2 fully saturated rings. The van der Waals surface area contributed by atoms with Crippen molar-refractivity contribution in [3.05, 3.63) is 30.1 Å². The number of para-hydroxylation sites is 1. The number of nitrogens with zero attached hydrogens (tertiary/aromatic N) is 1. The highest BCUT2D eigenvalue weighted by Gasteiger charge is 2.51. The molecule has 1 heterocycles. The molecule has 7 heteroatoms. The van der Waals surface area contributed by atoms with Gasteiger partial charge in [0.1, 0.15) is 11.9 Å². The zero-order chi connectivity index (χ0) is 18.7. The van der Waals surface area contributed by atoms with Crippen LogP contribution in [0.25, 0.3) is 0 Å². The van der Waals surface area contributed by atoms with E-state index in [1.54, 1.807) is 17.8 Å².